The van der Waals surface area contributed by atoms with Crippen molar-refractivity contribution in [2.24, 2.45) is 0 Å². The van der Waals surface area contributed by atoms with Crippen LogP contribution in [0.1, 0.15) is 11.7 Å². The molecule has 0 fully saturated rings. The molecule has 0 aromatic carbocycles. The first-order valence-electron chi connectivity index (χ1n) is 4.60. The molecule has 1 unspecified atom stereocenters. The molecule has 1 atom stereocenters. The van der Waals surface area contributed by atoms with Crippen molar-refractivity contribution in [2.75, 3.05) is 19.7 Å². The summed E-state index contributed by atoms with van der Waals surface area (Å²) in [6.45, 7) is -0.210. The minimum Gasteiger partial charge on any atom is -0.387 e. The van der Waals surface area contributed by atoms with Gasteiger partial charge in [0.25, 0.3) is 0 Å². The summed E-state index contributed by atoms with van der Waals surface area (Å²) in [6.07, 6.45) is -5.29. The highest BCUT2D eigenvalue weighted by atomic mass is 32.1. The first-order chi connectivity index (χ1) is 7.49. The van der Waals surface area contributed by atoms with Crippen LogP contribution in [-0.4, -0.2) is 31.2 Å². The Kier molecular flexibility index (Phi) is 5.20. The van der Waals surface area contributed by atoms with Crippen LogP contribution in [-0.2, 0) is 4.74 Å². The number of rotatable bonds is 6. The van der Waals surface area contributed by atoms with Crippen LogP contribution in [0, 0.1) is 0 Å². The molecule has 0 saturated carbocycles. The Morgan fingerprint density at radius 1 is 1.50 bits per heavy atom. The zero-order chi connectivity index (χ0) is 12.0. The Balaban J connectivity index is 2.08. The molecule has 0 bridgehead atoms. The maximum absolute atomic E-state index is 11.6. The van der Waals surface area contributed by atoms with Crippen LogP contribution in [0.3, 0.4) is 0 Å². The lowest BCUT2D eigenvalue weighted by Gasteiger charge is -2.11. The summed E-state index contributed by atoms with van der Waals surface area (Å²) in [5, 5.41) is 15.8. The molecule has 2 N–H and O–H groups in total. The highest BCUT2D eigenvalue weighted by molar-refractivity contribution is 7.07. The third-order valence-corrected chi connectivity index (χ3v) is 2.51. The van der Waals surface area contributed by atoms with Crippen LogP contribution >= 0.6 is 11.3 Å². The van der Waals surface area contributed by atoms with Gasteiger partial charge >= 0.3 is 6.36 Å². The molecule has 1 aromatic heterocycles. The van der Waals surface area contributed by atoms with Crippen molar-refractivity contribution in [2.45, 2.75) is 12.5 Å². The molecule has 0 amide bonds. The van der Waals surface area contributed by atoms with Gasteiger partial charge in [-0.2, -0.15) is 11.3 Å². The van der Waals surface area contributed by atoms with E-state index in [9.17, 15) is 18.3 Å². The molecule has 1 heterocycles. The van der Waals surface area contributed by atoms with Crippen LogP contribution in [0.2, 0.25) is 0 Å². The lowest BCUT2D eigenvalue weighted by Crippen LogP contribution is -2.27. The van der Waals surface area contributed by atoms with Crippen molar-refractivity contribution in [1.29, 1.82) is 0 Å². The standard InChI is InChI=1S/C9H12F3NO2S/c10-9(11,12)15-3-2-13-5-8(14)7-1-4-16-6-7/h1,4,6,8,13-14H,2-3,5H2. The third-order valence-electron chi connectivity index (χ3n) is 1.81. The Morgan fingerprint density at radius 2 is 2.25 bits per heavy atom. The normalized spacial score (nSPS) is 14.0. The molecule has 16 heavy (non-hydrogen) atoms. The molecule has 0 radical (unpaired) electrons. The number of hydrogen-bond acceptors (Lipinski definition) is 4. The van der Waals surface area contributed by atoms with E-state index < -0.39 is 19.1 Å². The highest BCUT2D eigenvalue weighted by Gasteiger charge is 2.28. The van der Waals surface area contributed by atoms with E-state index in [0.29, 0.717) is 0 Å². The van der Waals surface area contributed by atoms with E-state index in [0.717, 1.165) is 5.56 Å². The molecule has 1 rings (SSSR count). The van der Waals surface area contributed by atoms with E-state index in [1.54, 1.807) is 11.4 Å². The fraction of sp³-hybridized carbons (Fsp3) is 0.556. The maximum Gasteiger partial charge on any atom is 0.522 e. The smallest absolute Gasteiger partial charge is 0.387 e. The van der Waals surface area contributed by atoms with Gasteiger partial charge in [0.2, 0.25) is 0 Å². The number of ether oxygens (including phenoxy) is 1. The van der Waals surface area contributed by atoms with E-state index in [-0.39, 0.29) is 13.1 Å². The molecule has 7 heteroatoms. The van der Waals surface area contributed by atoms with Gasteiger partial charge in [-0.25, -0.2) is 0 Å². The second kappa shape index (κ2) is 6.19. The molecule has 92 valence electrons. The quantitative estimate of drug-likeness (QED) is 0.763. The van der Waals surface area contributed by atoms with Gasteiger partial charge in [0.05, 0.1) is 12.7 Å². The number of alkyl halides is 3. The zero-order valence-corrected chi connectivity index (χ0v) is 9.14. The van der Waals surface area contributed by atoms with Gasteiger partial charge in [0.1, 0.15) is 0 Å². The van der Waals surface area contributed by atoms with Gasteiger partial charge < -0.3 is 10.4 Å². The predicted octanol–water partition coefficient (Wildman–Crippen LogP) is 1.91. The number of halogens is 3. The summed E-state index contributed by atoms with van der Waals surface area (Å²) in [6, 6.07) is 1.77. The topological polar surface area (TPSA) is 41.5 Å². The monoisotopic (exact) mass is 255 g/mol. The largest absolute Gasteiger partial charge is 0.522 e. The van der Waals surface area contributed by atoms with Gasteiger partial charge in [0.15, 0.2) is 0 Å². The minimum absolute atomic E-state index is 0.0424. The van der Waals surface area contributed by atoms with Crippen molar-refractivity contribution < 1.29 is 23.0 Å². The molecule has 0 spiro atoms. The summed E-state index contributed by atoms with van der Waals surface area (Å²) >= 11 is 1.45. The number of hydrogen-bond donors (Lipinski definition) is 2. The lowest BCUT2D eigenvalue weighted by atomic mass is 10.2. The molecular formula is C9H12F3NO2S. The fourth-order valence-electron chi connectivity index (χ4n) is 1.06. The maximum atomic E-state index is 11.6. The van der Waals surface area contributed by atoms with Crippen LogP contribution in [0.25, 0.3) is 0 Å². The van der Waals surface area contributed by atoms with Crippen molar-refractivity contribution in [3.8, 4) is 0 Å². The first kappa shape index (κ1) is 13.4. The second-order valence-electron chi connectivity index (χ2n) is 3.07. The number of thiophene rings is 1. The van der Waals surface area contributed by atoms with Crippen molar-refractivity contribution in [3.63, 3.8) is 0 Å². The van der Waals surface area contributed by atoms with Crippen LogP contribution < -0.4 is 5.32 Å². The van der Waals surface area contributed by atoms with E-state index in [1.165, 1.54) is 11.3 Å². The zero-order valence-electron chi connectivity index (χ0n) is 8.33. The van der Waals surface area contributed by atoms with E-state index in [1.807, 2.05) is 5.38 Å². The fourth-order valence-corrected chi connectivity index (χ4v) is 1.77. The molecule has 0 aliphatic carbocycles. The van der Waals surface area contributed by atoms with Gasteiger partial charge in [-0.15, -0.1) is 13.2 Å². The Bertz CT molecular complexity index is 289. The van der Waals surface area contributed by atoms with E-state index in [2.05, 4.69) is 10.1 Å². The van der Waals surface area contributed by atoms with Crippen molar-refractivity contribution >= 4 is 11.3 Å². The van der Waals surface area contributed by atoms with E-state index >= 15 is 0 Å². The van der Waals surface area contributed by atoms with Crippen LogP contribution in [0.15, 0.2) is 16.8 Å². The molecular weight excluding hydrogens is 243 g/mol. The molecule has 1 aromatic rings. The highest BCUT2D eigenvalue weighted by Crippen LogP contribution is 2.16. The number of nitrogens with one attached hydrogen (secondary N) is 1. The van der Waals surface area contributed by atoms with Gasteiger partial charge in [-0.3, -0.25) is 4.74 Å². The lowest BCUT2D eigenvalue weighted by molar-refractivity contribution is -0.323. The average Bonchev–Trinajstić information content (AvgIpc) is 2.67. The SMILES string of the molecule is OC(CNCCOC(F)(F)F)c1ccsc1. The Hall–Kier alpha value is -0.630. The predicted molar refractivity (Wildman–Crippen MR) is 54.2 cm³/mol. The number of aliphatic hydroxyl groups excluding tert-OH is 1. The molecule has 0 saturated heterocycles. The summed E-state index contributed by atoms with van der Waals surface area (Å²) < 4.78 is 38.3. The van der Waals surface area contributed by atoms with Crippen molar-refractivity contribution in [3.05, 3.63) is 22.4 Å². The summed E-state index contributed by atoms with van der Waals surface area (Å²) in [7, 11) is 0. The number of aliphatic hydroxyl groups is 1. The van der Waals surface area contributed by atoms with Gasteiger partial charge in [-0.1, -0.05) is 0 Å². The third kappa shape index (κ3) is 5.45. The molecule has 3 nitrogen and oxygen atoms in total. The summed E-state index contributed by atoms with van der Waals surface area (Å²) in [5.41, 5.74) is 0.759. The summed E-state index contributed by atoms with van der Waals surface area (Å²) in [5.74, 6) is 0. The van der Waals surface area contributed by atoms with Gasteiger partial charge in [-0.05, 0) is 22.4 Å². The summed E-state index contributed by atoms with van der Waals surface area (Å²) in [4.78, 5) is 0. The Labute approximate surface area is 94.9 Å². The second-order valence-corrected chi connectivity index (χ2v) is 3.85. The van der Waals surface area contributed by atoms with E-state index in [4.69, 9.17) is 0 Å². The first-order valence-corrected chi connectivity index (χ1v) is 5.55. The molecule has 0 aliphatic rings. The van der Waals surface area contributed by atoms with Gasteiger partial charge in [0, 0.05) is 13.1 Å². The minimum atomic E-state index is -4.59. The average molecular weight is 255 g/mol. The van der Waals surface area contributed by atoms with Crippen LogP contribution in [0.4, 0.5) is 13.2 Å². The van der Waals surface area contributed by atoms with Crippen molar-refractivity contribution in [1.82, 2.24) is 5.32 Å². The van der Waals surface area contributed by atoms with Crippen LogP contribution in [0.5, 0.6) is 0 Å². The Morgan fingerprint density at radius 3 is 2.81 bits per heavy atom. The molecule has 0 aliphatic heterocycles.